The number of rotatable bonds is 3. The topological polar surface area (TPSA) is 96.5 Å². The summed E-state index contributed by atoms with van der Waals surface area (Å²) in [4.78, 5) is 21.9. The summed E-state index contributed by atoms with van der Waals surface area (Å²) in [6.45, 7) is 1.83. The van der Waals surface area contributed by atoms with Gasteiger partial charge in [0, 0.05) is 12.1 Å². The van der Waals surface area contributed by atoms with E-state index in [1.165, 1.54) is 25.3 Å². The molecule has 2 aromatic rings. The molecule has 0 radical (unpaired) electrons. The van der Waals surface area contributed by atoms with Gasteiger partial charge < -0.3 is 9.47 Å². The number of nitrogens with zero attached hydrogens (tertiary/aromatic N) is 3. The number of ether oxygens (including phenoxy) is 2. The lowest BCUT2D eigenvalue weighted by Gasteiger charge is -2.01. The molecule has 0 atom stereocenters. The van der Waals surface area contributed by atoms with Gasteiger partial charge in [0.05, 0.1) is 29.5 Å². The molecule has 0 unspecified atom stereocenters. The van der Waals surface area contributed by atoms with Gasteiger partial charge in [0.25, 0.3) is 5.69 Å². The smallest absolute Gasteiger partial charge is 0.435 e. The highest BCUT2D eigenvalue weighted by Gasteiger charge is 2.19. The standard InChI is InChI=1S/C11H11N3O5/c1-3-19-11(15)13-9-6-7(14(16)17)4-5-8(9)10(12-13)18-2/h4-6H,3H2,1-2H3. The highest BCUT2D eigenvalue weighted by molar-refractivity contribution is 5.92. The fourth-order valence-corrected chi connectivity index (χ4v) is 1.66. The molecule has 0 spiro atoms. The molecule has 0 amide bonds. The van der Waals surface area contributed by atoms with Crippen molar-refractivity contribution in [1.82, 2.24) is 9.78 Å². The lowest BCUT2D eigenvalue weighted by atomic mass is 10.2. The molecule has 8 nitrogen and oxygen atoms in total. The molecular formula is C11H11N3O5. The van der Waals surface area contributed by atoms with Crippen LogP contribution in [0, 0.1) is 10.1 Å². The summed E-state index contributed by atoms with van der Waals surface area (Å²) in [7, 11) is 1.40. The van der Waals surface area contributed by atoms with Crippen LogP contribution < -0.4 is 4.74 Å². The Hall–Kier alpha value is -2.64. The van der Waals surface area contributed by atoms with Crippen LogP contribution in [0.5, 0.6) is 5.88 Å². The third-order valence-electron chi connectivity index (χ3n) is 2.48. The van der Waals surface area contributed by atoms with Crippen molar-refractivity contribution in [2.75, 3.05) is 13.7 Å². The Bertz CT molecular complexity index is 649. The number of non-ortho nitro benzene ring substituents is 1. The fraction of sp³-hybridized carbons (Fsp3) is 0.273. The van der Waals surface area contributed by atoms with E-state index in [0.717, 1.165) is 4.68 Å². The zero-order valence-electron chi connectivity index (χ0n) is 10.3. The number of fused-ring (bicyclic) bond motifs is 1. The van der Waals surface area contributed by atoms with E-state index in [-0.39, 0.29) is 23.7 Å². The van der Waals surface area contributed by atoms with Crippen molar-refractivity contribution >= 4 is 22.7 Å². The van der Waals surface area contributed by atoms with Gasteiger partial charge in [-0.3, -0.25) is 10.1 Å². The number of nitro groups is 1. The van der Waals surface area contributed by atoms with Gasteiger partial charge in [-0.25, -0.2) is 4.79 Å². The number of hydrogen-bond donors (Lipinski definition) is 0. The van der Waals surface area contributed by atoms with Crippen molar-refractivity contribution in [3.63, 3.8) is 0 Å². The minimum Gasteiger partial charge on any atom is -0.479 e. The average molecular weight is 265 g/mol. The molecular weight excluding hydrogens is 254 g/mol. The third-order valence-corrected chi connectivity index (χ3v) is 2.48. The minimum absolute atomic E-state index is 0.138. The number of methoxy groups -OCH3 is 1. The first-order valence-electron chi connectivity index (χ1n) is 5.46. The number of benzene rings is 1. The summed E-state index contributed by atoms with van der Waals surface area (Å²) in [6, 6.07) is 4.05. The average Bonchev–Trinajstić information content (AvgIpc) is 2.76. The number of nitro benzene ring substituents is 1. The van der Waals surface area contributed by atoms with E-state index in [1.807, 2.05) is 0 Å². The van der Waals surface area contributed by atoms with Crippen LogP contribution >= 0.6 is 0 Å². The van der Waals surface area contributed by atoms with Crippen LogP contribution in [-0.2, 0) is 4.74 Å². The first-order valence-corrected chi connectivity index (χ1v) is 5.46. The van der Waals surface area contributed by atoms with Crippen LogP contribution in [0.2, 0.25) is 0 Å². The summed E-state index contributed by atoms with van der Waals surface area (Å²) < 4.78 is 10.8. The normalized spacial score (nSPS) is 10.4. The zero-order valence-corrected chi connectivity index (χ0v) is 10.3. The summed E-state index contributed by atoms with van der Waals surface area (Å²) in [6.07, 6.45) is -0.712. The van der Waals surface area contributed by atoms with Crippen molar-refractivity contribution in [3.8, 4) is 5.88 Å². The van der Waals surface area contributed by atoms with Crippen LogP contribution in [0.3, 0.4) is 0 Å². The Morgan fingerprint density at radius 3 is 2.84 bits per heavy atom. The minimum atomic E-state index is -0.712. The Labute approximate surface area is 107 Å². The summed E-state index contributed by atoms with van der Waals surface area (Å²) in [5.41, 5.74) is 0.130. The summed E-state index contributed by atoms with van der Waals surface area (Å²) in [5.74, 6) is 0.206. The first kappa shape index (κ1) is 12.8. The second-order valence-corrected chi connectivity index (χ2v) is 3.58. The lowest BCUT2D eigenvalue weighted by Crippen LogP contribution is -2.14. The molecule has 0 aliphatic carbocycles. The number of aromatic nitrogens is 2. The van der Waals surface area contributed by atoms with E-state index in [1.54, 1.807) is 6.92 Å². The summed E-state index contributed by atoms with van der Waals surface area (Å²) in [5, 5.41) is 15.2. The van der Waals surface area contributed by atoms with Gasteiger partial charge in [0.1, 0.15) is 0 Å². The molecule has 0 N–H and O–H groups in total. The number of carbonyl (C=O) groups is 1. The Morgan fingerprint density at radius 2 is 2.26 bits per heavy atom. The van der Waals surface area contributed by atoms with Gasteiger partial charge in [-0.1, -0.05) is 0 Å². The molecule has 8 heteroatoms. The Balaban J connectivity index is 2.65. The zero-order chi connectivity index (χ0) is 14.0. The van der Waals surface area contributed by atoms with E-state index in [9.17, 15) is 14.9 Å². The van der Waals surface area contributed by atoms with E-state index in [4.69, 9.17) is 9.47 Å². The van der Waals surface area contributed by atoms with Crippen LogP contribution in [0.25, 0.3) is 10.9 Å². The van der Waals surface area contributed by atoms with Gasteiger partial charge in [-0.15, -0.1) is 5.10 Å². The molecule has 1 aromatic carbocycles. The van der Waals surface area contributed by atoms with Gasteiger partial charge in [0.15, 0.2) is 0 Å². The predicted molar refractivity (Wildman–Crippen MR) is 65.4 cm³/mol. The molecule has 1 heterocycles. The quantitative estimate of drug-likeness (QED) is 0.621. The maximum Gasteiger partial charge on any atom is 0.435 e. The molecule has 19 heavy (non-hydrogen) atoms. The molecule has 0 saturated heterocycles. The number of carbonyl (C=O) groups excluding carboxylic acids is 1. The molecule has 100 valence electrons. The largest absolute Gasteiger partial charge is 0.479 e. The van der Waals surface area contributed by atoms with Crippen molar-refractivity contribution in [2.24, 2.45) is 0 Å². The molecule has 0 aliphatic heterocycles. The molecule has 2 rings (SSSR count). The van der Waals surface area contributed by atoms with E-state index < -0.39 is 11.0 Å². The van der Waals surface area contributed by atoms with Gasteiger partial charge in [-0.2, -0.15) is 4.68 Å². The van der Waals surface area contributed by atoms with Crippen LogP contribution in [0.15, 0.2) is 18.2 Å². The second kappa shape index (κ2) is 4.92. The van der Waals surface area contributed by atoms with Crippen molar-refractivity contribution in [1.29, 1.82) is 0 Å². The maximum absolute atomic E-state index is 11.7. The molecule has 0 fully saturated rings. The van der Waals surface area contributed by atoms with Crippen LogP contribution in [-0.4, -0.2) is 34.5 Å². The fourth-order valence-electron chi connectivity index (χ4n) is 1.66. The lowest BCUT2D eigenvalue weighted by molar-refractivity contribution is -0.384. The van der Waals surface area contributed by atoms with E-state index >= 15 is 0 Å². The van der Waals surface area contributed by atoms with Crippen molar-refractivity contribution in [2.45, 2.75) is 6.92 Å². The van der Waals surface area contributed by atoms with Gasteiger partial charge in [-0.05, 0) is 13.0 Å². The van der Waals surface area contributed by atoms with Gasteiger partial charge >= 0.3 is 6.09 Å². The van der Waals surface area contributed by atoms with Crippen LogP contribution in [0.4, 0.5) is 10.5 Å². The van der Waals surface area contributed by atoms with Gasteiger partial charge in [0.2, 0.25) is 5.88 Å². The van der Waals surface area contributed by atoms with Crippen LogP contribution in [0.1, 0.15) is 6.92 Å². The predicted octanol–water partition coefficient (Wildman–Crippen LogP) is 1.96. The third kappa shape index (κ3) is 2.19. The Morgan fingerprint density at radius 1 is 1.53 bits per heavy atom. The van der Waals surface area contributed by atoms with E-state index in [0.29, 0.717) is 5.39 Å². The monoisotopic (exact) mass is 265 g/mol. The number of hydrogen-bond acceptors (Lipinski definition) is 6. The molecule has 1 aromatic heterocycles. The Kier molecular flexibility index (Phi) is 3.32. The molecule has 0 saturated carbocycles. The van der Waals surface area contributed by atoms with E-state index in [2.05, 4.69) is 5.10 Å². The summed E-state index contributed by atoms with van der Waals surface area (Å²) >= 11 is 0. The second-order valence-electron chi connectivity index (χ2n) is 3.58. The van der Waals surface area contributed by atoms with Crippen molar-refractivity contribution in [3.05, 3.63) is 28.3 Å². The maximum atomic E-state index is 11.7. The van der Waals surface area contributed by atoms with Crippen molar-refractivity contribution < 1.29 is 19.2 Å². The highest BCUT2D eigenvalue weighted by Crippen LogP contribution is 2.28. The first-order chi connectivity index (χ1) is 9.08. The highest BCUT2D eigenvalue weighted by atomic mass is 16.6. The SMILES string of the molecule is CCOC(=O)n1nc(OC)c2ccc([N+](=O)[O-])cc21. The molecule has 0 bridgehead atoms. The molecule has 0 aliphatic rings.